The molecule has 17 heavy (non-hydrogen) atoms. The first kappa shape index (κ1) is 13.1. The molecule has 0 bridgehead atoms. The predicted molar refractivity (Wildman–Crippen MR) is 60.5 cm³/mol. The van der Waals surface area contributed by atoms with E-state index in [1.54, 1.807) is 6.07 Å². The van der Waals surface area contributed by atoms with E-state index in [0.29, 0.717) is 11.3 Å². The van der Waals surface area contributed by atoms with Crippen LogP contribution in [0.1, 0.15) is 5.56 Å². The minimum Gasteiger partial charge on any atom is -0.504 e. The summed E-state index contributed by atoms with van der Waals surface area (Å²) >= 11 is 0. The highest BCUT2D eigenvalue weighted by atomic mass is 16.5. The molecule has 4 N–H and O–H groups in total. The lowest BCUT2D eigenvalue weighted by Crippen LogP contribution is -2.32. The van der Waals surface area contributed by atoms with Crippen LogP contribution in [-0.4, -0.2) is 36.4 Å². The average molecular weight is 241 g/mol. The maximum absolute atomic E-state index is 10.6. The van der Waals surface area contributed by atoms with Gasteiger partial charge in [-0.25, -0.2) is 0 Å². The Morgan fingerprint density at radius 3 is 2.53 bits per heavy atom. The number of carbonyl (C=O) groups is 1. The number of phenols is 1. The van der Waals surface area contributed by atoms with Crippen molar-refractivity contribution < 1.29 is 24.5 Å². The van der Waals surface area contributed by atoms with Crippen LogP contribution < -0.4 is 15.2 Å². The van der Waals surface area contributed by atoms with Crippen molar-refractivity contribution in [1.82, 2.24) is 0 Å². The van der Waals surface area contributed by atoms with E-state index < -0.39 is 12.0 Å². The Bertz CT molecular complexity index is 419. The number of nitrogens with two attached hydrogens (primary N) is 1. The van der Waals surface area contributed by atoms with Gasteiger partial charge in [-0.15, -0.1) is 0 Å². The van der Waals surface area contributed by atoms with E-state index in [0.717, 1.165) is 0 Å². The van der Waals surface area contributed by atoms with Gasteiger partial charge in [0.05, 0.1) is 14.2 Å². The van der Waals surface area contributed by atoms with E-state index in [2.05, 4.69) is 0 Å². The number of benzene rings is 1. The number of aromatic hydroxyl groups is 1. The fourth-order valence-corrected chi connectivity index (χ4v) is 1.46. The standard InChI is InChI=1S/C11H15NO5/c1-16-9-5-6(3-7(12)11(14)15)4-8(13)10(9)17-2/h4-5,7,13H,3,12H2,1-2H3,(H,14,15). The number of phenolic OH excluding ortho intramolecular Hbond substituents is 1. The number of methoxy groups -OCH3 is 2. The van der Waals surface area contributed by atoms with Gasteiger partial charge in [0.2, 0.25) is 5.75 Å². The van der Waals surface area contributed by atoms with Crippen LogP contribution in [0.3, 0.4) is 0 Å². The summed E-state index contributed by atoms with van der Waals surface area (Å²) < 4.78 is 9.98. The van der Waals surface area contributed by atoms with Crippen molar-refractivity contribution in [2.24, 2.45) is 5.73 Å². The number of hydrogen-bond acceptors (Lipinski definition) is 5. The zero-order valence-corrected chi connectivity index (χ0v) is 9.64. The summed E-state index contributed by atoms with van der Waals surface area (Å²) in [7, 11) is 2.83. The lowest BCUT2D eigenvalue weighted by molar-refractivity contribution is -0.138. The Morgan fingerprint density at radius 1 is 1.41 bits per heavy atom. The summed E-state index contributed by atoms with van der Waals surface area (Å²) in [6, 6.07) is 1.97. The summed E-state index contributed by atoms with van der Waals surface area (Å²) in [6.45, 7) is 0. The number of rotatable bonds is 5. The molecule has 0 saturated heterocycles. The second kappa shape index (κ2) is 5.40. The molecule has 1 unspecified atom stereocenters. The fourth-order valence-electron chi connectivity index (χ4n) is 1.46. The highest BCUT2D eigenvalue weighted by Gasteiger charge is 2.16. The normalized spacial score (nSPS) is 11.9. The van der Waals surface area contributed by atoms with Gasteiger partial charge in [0, 0.05) is 0 Å². The molecule has 0 aromatic heterocycles. The van der Waals surface area contributed by atoms with Gasteiger partial charge in [-0.3, -0.25) is 4.79 Å². The molecule has 1 aromatic carbocycles. The van der Waals surface area contributed by atoms with Gasteiger partial charge in [0.15, 0.2) is 11.5 Å². The molecule has 0 amide bonds. The Morgan fingerprint density at radius 2 is 2.06 bits per heavy atom. The van der Waals surface area contributed by atoms with Crippen molar-refractivity contribution in [3.63, 3.8) is 0 Å². The van der Waals surface area contributed by atoms with Crippen molar-refractivity contribution in [2.45, 2.75) is 12.5 Å². The van der Waals surface area contributed by atoms with Crippen molar-refractivity contribution in [2.75, 3.05) is 14.2 Å². The van der Waals surface area contributed by atoms with Gasteiger partial charge in [0.25, 0.3) is 0 Å². The number of ether oxygens (including phenoxy) is 2. The summed E-state index contributed by atoms with van der Waals surface area (Å²) in [6.07, 6.45) is 0.100. The minimum absolute atomic E-state index is 0.100. The van der Waals surface area contributed by atoms with Crippen molar-refractivity contribution >= 4 is 5.97 Å². The molecule has 0 saturated carbocycles. The average Bonchev–Trinajstić information content (AvgIpc) is 2.27. The first-order valence-corrected chi connectivity index (χ1v) is 4.91. The van der Waals surface area contributed by atoms with Crippen LogP contribution >= 0.6 is 0 Å². The first-order chi connectivity index (χ1) is 7.99. The summed E-state index contributed by atoms with van der Waals surface area (Å²) in [5.74, 6) is -0.668. The highest BCUT2D eigenvalue weighted by molar-refractivity contribution is 5.73. The molecule has 0 heterocycles. The molecular formula is C11H15NO5. The van der Waals surface area contributed by atoms with E-state index in [1.165, 1.54) is 20.3 Å². The molecule has 0 aliphatic rings. The molecule has 0 fully saturated rings. The molecule has 1 rings (SSSR count). The third kappa shape index (κ3) is 3.01. The van der Waals surface area contributed by atoms with Crippen LogP contribution in [0.4, 0.5) is 0 Å². The van der Waals surface area contributed by atoms with Gasteiger partial charge in [0.1, 0.15) is 6.04 Å². The number of hydrogen-bond donors (Lipinski definition) is 3. The summed E-state index contributed by atoms with van der Waals surface area (Å²) in [4.78, 5) is 10.6. The van der Waals surface area contributed by atoms with Crippen LogP contribution in [0, 0.1) is 0 Å². The molecule has 6 heteroatoms. The quantitative estimate of drug-likeness (QED) is 0.688. The third-order valence-corrected chi connectivity index (χ3v) is 2.29. The van der Waals surface area contributed by atoms with E-state index in [-0.39, 0.29) is 17.9 Å². The van der Waals surface area contributed by atoms with Gasteiger partial charge in [-0.2, -0.15) is 0 Å². The monoisotopic (exact) mass is 241 g/mol. The van der Waals surface area contributed by atoms with Crippen LogP contribution in [0.25, 0.3) is 0 Å². The largest absolute Gasteiger partial charge is 0.504 e. The van der Waals surface area contributed by atoms with E-state index in [4.69, 9.17) is 20.3 Å². The number of carboxylic acids is 1. The lowest BCUT2D eigenvalue weighted by atomic mass is 10.1. The summed E-state index contributed by atoms with van der Waals surface area (Å²) in [5.41, 5.74) is 5.97. The van der Waals surface area contributed by atoms with Gasteiger partial charge < -0.3 is 25.4 Å². The number of carboxylic acid groups (broad SMARTS) is 1. The van der Waals surface area contributed by atoms with Gasteiger partial charge >= 0.3 is 5.97 Å². The van der Waals surface area contributed by atoms with Crippen LogP contribution in [0.15, 0.2) is 12.1 Å². The van der Waals surface area contributed by atoms with E-state index >= 15 is 0 Å². The molecule has 94 valence electrons. The second-order valence-electron chi connectivity index (χ2n) is 3.50. The topological polar surface area (TPSA) is 102 Å². The Hall–Kier alpha value is -1.95. The minimum atomic E-state index is -1.10. The second-order valence-corrected chi connectivity index (χ2v) is 3.50. The molecule has 0 radical (unpaired) electrons. The Labute approximate surface area is 98.6 Å². The van der Waals surface area contributed by atoms with Gasteiger partial charge in [-0.1, -0.05) is 0 Å². The van der Waals surface area contributed by atoms with Crippen LogP contribution in [0.5, 0.6) is 17.2 Å². The van der Waals surface area contributed by atoms with Crippen molar-refractivity contribution in [1.29, 1.82) is 0 Å². The zero-order valence-electron chi connectivity index (χ0n) is 9.64. The fraction of sp³-hybridized carbons (Fsp3) is 0.364. The summed E-state index contributed by atoms with van der Waals surface area (Å²) in [5, 5.41) is 18.4. The Kier molecular flexibility index (Phi) is 4.17. The number of aliphatic carboxylic acids is 1. The maximum Gasteiger partial charge on any atom is 0.320 e. The van der Waals surface area contributed by atoms with Crippen molar-refractivity contribution in [3.8, 4) is 17.2 Å². The van der Waals surface area contributed by atoms with Crippen LogP contribution in [0.2, 0.25) is 0 Å². The predicted octanol–water partition coefficient (Wildman–Crippen LogP) is 0.364. The lowest BCUT2D eigenvalue weighted by Gasteiger charge is -2.12. The van der Waals surface area contributed by atoms with Crippen molar-refractivity contribution in [3.05, 3.63) is 17.7 Å². The Balaban J connectivity index is 3.03. The smallest absolute Gasteiger partial charge is 0.320 e. The zero-order chi connectivity index (χ0) is 13.0. The van der Waals surface area contributed by atoms with E-state index in [1.807, 2.05) is 0 Å². The first-order valence-electron chi connectivity index (χ1n) is 4.91. The molecule has 0 aliphatic carbocycles. The highest BCUT2D eigenvalue weighted by Crippen LogP contribution is 2.37. The SMILES string of the molecule is COc1cc(CC(N)C(=O)O)cc(O)c1OC. The van der Waals surface area contributed by atoms with Gasteiger partial charge in [-0.05, 0) is 24.1 Å². The maximum atomic E-state index is 10.6. The van der Waals surface area contributed by atoms with Crippen LogP contribution in [-0.2, 0) is 11.2 Å². The van der Waals surface area contributed by atoms with E-state index in [9.17, 15) is 9.90 Å². The molecule has 6 nitrogen and oxygen atoms in total. The molecule has 1 aromatic rings. The molecule has 1 atom stereocenters. The third-order valence-electron chi connectivity index (χ3n) is 2.29. The molecular weight excluding hydrogens is 226 g/mol. The molecule has 0 spiro atoms. The molecule has 0 aliphatic heterocycles.